The van der Waals surface area contributed by atoms with Gasteiger partial charge in [-0.1, -0.05) is 6.07 Å². The average Bonchev–Trinajstić information content (AvgIpc) is 3.19. The molecule has 140 valence electrons. The number of aromatic nitrogens is 3. The summed E-state index contributed by atoms with van der Waals surface area (Å²) >= 11 is 0. The maximum atomic E-state index is 12.6. The van der Waals surface area contributed by atoms with E-state index in [0.717, 1.165) is 0 Å². The Bertz CT molecular complexity index is 998. The number of H-pyrrole nitrogens is 1. The molecule has 0 aromatic carbocycles. The molecule has 0 spiro atoms. The van der Waals surface area contributed by atoms with Gasteiger partial charge in [0.25, 0.3) is 0 Å². The Morgan fingerprint density at radius 2 is 1.81 bits per heavy atom. The third-order valence-corrected chi connectivity index (χ3v) is 4.04. The Morgan fingerprint density at radius 1 is 1.07 bits per heavy atom. The first-order valence-corrected chi connectivity index (χ1v) is 8.42. The van der Waals surface area contributed by atoms with Gasteiger partial charge in [-0.2, -0.15) is 0 Å². The highest BCUT2D eigenvalue weighted by Crippen LogP contribution is 2.20. The lowest BCUT2D eigenvalue weighted by Crippen LogP contribution is -2.18. The number of hydrogen-bond acceptors (Lipinski definition) is 6. The number of hydrogen-bond donors (Lipinski definition) is 1. The zero-order valence-corrected chi connectivity index (χ0v) is 15.2. The number of Topliss-reactive ketones (excluding diaryl/α,β-unsaturated/α-hetero) is 1. The minimum absolute atomic E-state index is 0.0987. The van der Waals surface area contributed by atoms with Gasteiger partial charge in [-0.3, -0.25) is 4.79 Å². The number of nitrogens with zero attached hydrogens (tertiary/aromatic N) is 2. The highest BCUT2D eigenvalue weighted by Gasteiger charge is 2.26. The summed E-state index contributed by atoms with van der Waals surface area (Å²) in [6.07, 6.45) is 3.28. The van der Waals surface area contributed by atoms with Gasteiger partial charge in [-0.25, -0.2) is 14.6 Å². The Morgan fingerprint density at radius 3 is 2.52 bits per heavy atom. The molecule has 3 aromatic heterocycles. The van der Waals surface area contributed by atoms with Crippen LogP contribution in [0, 0.1) is 13.8 Å². The largest absolute Gasteiger partial charge is 0.462 e. The van der Waals surface area contributed by atoms with E-state index in [9.17, 15) is 14.4 Å². The summed E-state index contributed by atoms with van der Waals surface area (Å²) in [6.45, 7) is 4.73. The standard InChI is InChI=1S/C19H19N3O5/c1-4-26-19(25)17-12(3)20-11(2)16(17)14(23)10-27-18(24)13-9-22-8-6-5-7-15(22)21-13/h5-9,20H,4,10H2,1-3H3. The molecule has 0 bridgehead atoms. The quantitative estimate of drug-likeness (QED) is 0.529. The maximum Gasteiger partial charge on any atom is 0.359 e. The van der Waals surface area contributed by atoms with E-state index in [1.165, 1.54) is 6.20 Å². The molecule has 0 unspecified atom stereocenters. The number of aromatic amines is 1. The van der Waals surface area contributed by atoms with E-state index in [4.69, 9.17) is 9.47 Å². The van der Waals surface area contributed by atoms with Crippen LogP contribution in [-0.4, -0.2) is 45.3 Å². The topological polar surface area (TPSA) is 103 Å². The Balaban J connectivity index is 1.76. The fourth-order valence-corrected chi connectivity index (χ4v) is 2.90. The van der Waals surface area contributed by atoms with Crippen LogP contribution in [0.1, 0.15) is 49.5 Å². The number of pyridine rings is 1. The number of ether oxygens (including phenoxy) is 2. The van der Waals surface area contributed by atoms with Crippen LogP contribution in [0.15, 0.2) is 30.6 Å². The van der Waals surface area contributed by atoms with E-state index in [0.29, 0.717) is 17.0 Å². The average molecular weight is 369 g/mol. The molecule has 0 fully saturated rings. The normalized spacial score (nSPS) is 10.8. The van der Waals surface area contributed by atoms with Crippen molar-refractivity contribution >= 4 is 23.4 Å². The van der Waals surface area contributed by atoms with Crippen molar-refractivity contribution in [3.05, 3.63) is 58.8 Å². The molecule has 0 aliphatic carbocycles. The molecule has 8 heteroatoms. The number of carbonyl (C=O) groups is 3. The van der Waals surface area contributed by atoms with E-state index in [1.54, 1.807) is 49.6 Å². The molecular formula is C19H19N3O5. The van der Waals surface area contributed by atoms with Gasteiger partial charge in [0.1, 0.15) is 5.65 Å². The van der Waals surface area contributed by atoms with Gasteiger partial charge in [0, 0.05) is 23.8 Å². The van der Waals surface area contributed by atoms with Crippen LogP contribution in [0.3, 0.4) is 0 Å². The highest BCUT2D eigenvalue weighted by atomic mass is 16.5. The van der Waals surface area contributed by atoms with Gasteiger partial charge < -0.3 is 18.9 Å². The molecule has 8 nitrogen and oxygen atoms in total. The van der Waals surface area contributed by atoms with Crippen LogP contribution < -0.4 is 0 Å². The number of fused-ring (bicyclic) bond motifs is 1. The first-order valence-electron chi connectivity index (χ1n) is 8.42. The number of imidazole rings is 1. The van der Waals surface area contributed by atoms with Gasteiger partial charge in [0.05, 0.1) is 17.7 Å². The molecule has 0 saturated heterocycles. The van der Waals surface area contributed by atoms with Gasteiger partial charge in [0.15, 0.2) is 12.3 Å². The summed E-state index contributed by atoms with van der Waals surface area (Å²) < 4.78 is 11.8. The first kappa shape index (κ1) is 18.4. The smallest absolute Gasteiger partial charge is 0.359 e. The van der Waals surface area contributed by atoms with Crippen molar-refractivity contribution in [3.63, 3.8) is 0 Å². The van der Waals surface area contributed by atoms with Crippen LogP contribution in [0.2, 0.25) is 0 Å². The van der Waals surface area contributed by atoms with E-state index >= 15 is 0 Å². The summed E-state index contributed by atoms with van der Waals surface area (Å²) in [7, 11) is 0. The van der Waals surface area contributed by atoms with Crippen LogP contribution >= 0.6 is 0 Å². The number of ketones is 1. The Labute approximate surface area is 155 Å². The number of nitrogens with one attached hydrogen (secondary N) is 1. The zero-order chi connectivity index (χ0) is 19.6. The van der Waals surface area contributed by atoms with Gasteiger partial charge in [-0.05, 0) is 32.9 Å². The number of rotatable bonds is 6. The zero-order valence-electron chi connectivity index (χ0n) is 15.2. The van der Waals surface area contributed by atoms with Crippen molar-refractivity contribution in [2.75, 3.05) is 13.2 Å². The lowest BCUT2D eigenvalue weighted by Gasteiger charge is -2.06. The Kier molecular flexibility index (Phi) is 5.07. The van der Waals surface area contributed by atoms with Crippen molar-refractivity contribution in [2.24, 2.45) is 0 Å². The van der Waals surface area contributed by atoms with Crippen LogP contribution in [0.25, 0.3) is 5.65 Å². The van der Waals surface area contributed by atoms with E-state index in [1.807, 2.05) is 0 Å². The monoisotopic (exact) mass is 369 g/mol. The van der Waals surface area contributed by atoms with Crippen LogP contribution in [0.4, 0.5) is 0 Å². The lowest BCUT2D eigenvalue weighted by atomic mass is 10.1. The van der Waals surface area contributed by atoms with Gasteiger partial charge >= 0.3 is 11.9 Å². The molecule has 0 aliphatic rings. The lowest BCUT2D eigenvalue weighted by molar-refractivity contribution is 0.0467. The van der Waals surface area contributed by atoms with E-state index < -0.39 is 24.3 Å². The number of aryl methyl sites for hydroxylation is 2. The molecule has 1 N–H and O–H groups in total. The molecular weight excluding hydrogens is 350 g/mol. The predicted molar refractivity (Wildman–Crippen MR) is 96.0 cm³/mol. The summed E-state index contributed by atoms with van der Waals surface area (Å²) in [5, 5.41) is 0. The van der Waals surface area contributed by atoms with Crippen molar-refractivity contribution in [2.45, 2.75) is 20.8 Å². The van der Waals surface area contributed by atoms with Crippen molar-refractivity contribution in [3.8, 4) is 0 Å². The van der Waals surface area contributed by atoms with Crippen molar-refractivity contribution in [1.29, 1.82) is 0 Å². The third kappa shape index (κ3) is 3.59. The SMILES string of the molecule is CCOC(=O)c1c(C)[nH]c(C)c1C(=O)COC(=O)c1cn2ccccc2n1. The summed E-state index contributed by atoms with van der Waals surface area (Å²) in [6, 6.07) is 5.36. The van der Waals surface area contributed by atoms with Crippen LogP contribution in [0.5, 0.6) is 0 Å². The molecule has 0 radical (unpaired) electrons. The maximum absolute atomic E-state index is 12.6. The molecule has 3 aromatic rings. The molecule has 0 atom stereocenters. The van der Waals surface area contributed by atoms with E-state index in [-0.39, 0.29) is 23.4 Å². The Hall–Kier alpha value is -3.42. The minimum atomic E-state index is -0.713. The van der Waals surface area contributed by atoms with Crippen molar-refractivity contribution < 1.29 is 23.9 Å². The second kappa shape index (κ2) is 7.45. The molecule has 3 heterocycles. The summed E-state index contributed by atoms with van der Waals surface area (Å²) in [5.74, 6) is -1.79. The highest BCUT2D eigenvalue weighted by molar-refractivity contribution is 6.09. The summed E-state index contributed by atoms with van der Waals surface area (Å²) in [5.41, 5.74) is 2.08. The minimum Gasteiger partial charge on any atom is -0.462 e. The van der Waals surface area contributed by atoms with E-state index in [2.05, 4.69) is 9.97 Å². The predicted octanol–water partition coefficient (Wildman–Crippen LogP) is 2.50. The number of carbonyl (C=O) groups excluding carboxylic acids is 3. The second-order valence-electron chi connectivity index (χ2n) is 5.94. The van der Waals surface area contributed by atoms with Gasteiger partial charge in [0.2, 0.25) is 5.78 Å². The summed E-state index contributed by atoms with van der Waals surface area (Å²) in [4.78, 5) is 44.1. The fraction of sp³-hybridized carbons (Fsp3) is 0.263. The third-order valence-electron chi connectivity index (χ3n) is 4.04. The molecule has 0 saturated carbocycles. The van der Waals surface area contributed by atoms with Gasteiger partial charge in [-0.15, -0.1) is 0 Å². The molecule has 3 rings (SSSR count). The molecule has 0 aliphatic heterocycles. The molecule has 0 amide bonds. The second-order valence-corrected chi connectivity index (χ2v) is 5.94. The number of esters is 2. The van der Waals surface area contributed by atoms with Crippen LogP contribution in [-0.2, 0) is 9.47 Å². The fourth-order valence-electron chi connectivity index (χ4n) is 2.90. The first-order chi connectivity index (χ1) is 12.9. The van der Waals surface area contributed by atoms with Crippen molar-refractivity contribution in [1.82, 2.24) is 14.4 Å². The molecule has 27 heavy (non-hydrogen) atoms.